The van der Waals surface area contributed by atoms with Crippen molar-refractivity contribution in [1.29, 1.82) is 5.26 Å². The van der Waals surface area contributed by atoms with Gasteiger partial charge in [0.2, 0.25) is 0 Å². The van der Waals surface area contributed by atoms with Crippen molar-refractivity contribution in [2.24, 2.45) is 17.8 Å². The summed E-state index contributed by atoms with van der Waals surface area (Å²) in [5.41, 5.74) is 0. The molecule has 2 nitrogen and oxygen atoms in total. The summed E-state index contributed by atoms with van der Waals surface area (Å²) < 4.78 is 0. The van der Waals surface area contributed by atoms with E-state index in [0.717, 1.165) is 16.7 Å². The standard InChI is InChI=1S/C15H17NOS/c16-9-13(15-2-1-5-18-15)14(17)8-12-7-10-3-4-11(12)6-10/h1-2,5,10-13H,3-4,6-8H2. The molecule has 3 heteroatoms. The number of ketones is 1. The first-order valence-corrected chi connectivity index (χ1v) is 7.61. The molecule has 0 amide bonds. The van der Waals surface area contributed by atoms with Crippen LogP contribution in [0, 0.1) is 29.1 Å². The number of thiophene rings is 1. The highest BCUT2D eigenvalue weighted by Crippen LogP contribution is 2.50. The van der Waals surface area contributed by atoms with Crippen LogP contribution in [0.3, 0.4) is 0 Å². The fraction of sp³-hybridized carbons (Fsp3) is 0.600. The van der Waals surface area contributed by atoms with E-state index >= 15 is 0 Å². The Bertz CT molecular complexity index is 473. The number of hydrogen-bond donors (Lipinski definition) is 0. The van der Waals surface area contributed by atoms with Crippen LogP contribution in [-0.4, -0.2) is 5.78 Å². The van der Waals surface area contributed by atoms with E-state index in [4.69, 9.17) is 0 Å². The zero-order valence-corrected chi connectivity index (χ0v) is 11.2. The average Bonchev–Trinajstić information content (AvgIpc) is 3.05. The topological polar surface area (TPSA) is 40.9 Å². The number of hydrogen-bond acceptors (Lipinski definition) is 3. The maximum atomic E-state index is 12.3. The third-order valence-electron chi connectivity index (χ3n) is 4.63. The summed E-state index contributed by atoms with van der Waals surface area (Å²) in [5.74, 6) is 1.81. The molecule has 1 aromatic heterocycles. The van der Waals surface area contributed by atoms with Crippen LogP contribution in [0.4, 0.5) is 0 Å². The minimum Gasteiger partial charge on any atom is -0.298 e. The van der Waals surface area contributed by atoms with Gasteiger partial charge in [-0.2, -0.15) is 5.26 Å². The highest BCUT2D eigenvalue weighted by atomic mass is 32.1. The lowest BCUT2D eigenvalue weighted by Gasteiger charge is -2.21. The van der Waals surface area contributed by atoms with Gasteiger partial charge < -0.3 is 0 Å². The van der Waals surface area contributed by atoms with Gasteiger partial charge in [0, 0.05) is 11.3 Å². The molecule has 2 aliphatic carbocycles. The van der Waals surface area contributed by atoms with Crippen LogP contribution < -0.4 is 0 Å². The summed E-state index contributed by atoms with van der Waals surface area (Å²) in [5, 5.41) is 11.1. The second kappa shape index (κ2) is 4.85. The molecule has 2 fully saturated rings. The van der Waals surface area contributed by atoms with Crippen molar-refractivity contribution in [2.45, 2.75) is 38.0 Å². The Hall–Kier alpha value is -1.14. The van der Waals surface area contributed by atoms with Crippen molar-refractivity contribution < 1.29 is 4.79 Å². The predicted molar refractivity (Wildman–Crippen MR) is 71.2 cm³/mol. The number of fused-ring (bicyclic) bond motifs is 2. The molecule has 2 saturated carbocycles. The molecule has 2 bridgehead atoms. The van der Waals surface area contributed by atoms with Gasteiger partial charge in [-0.15, -0.1) is 11.3 Å². The zero-order chi connectivity index (χ0) is 12.5. The van der Waals surface area contributed by atoms with Crippen LogP contribution in [0.1, 0.15) is 42.9 Å². The fourth-order valence-electron chi connectivity index (χ4n) is 3.75. The Balaban J connectivity index is 1.66. The third-order valence-corrected chi connectivity index (χ3v) is 5.56. The molecule has 0 N–H and O–H groups in total. The number of nitrogens with zero attached hydrogens (tertiary/aromatic N) is 1. The van der Waals surface area contributed by atoms with Crippen LogP contribution in [0.5, 0.6) is 0 Å². The van der Waals surface area contributed by atoms with Gasteiger partial charge >= 0.3 is 0 Å². The molecule has 4 atom stereocenters. The molecule has 18 heavy (non-hydrogen) atoms. The van der Waals surface area contributed by atoms with Gasteiger partial charge in [-0.25, -0.2) is 0 Å². The molecule has 0 saturated heterocycles. The Morgan fingerprint density at radius 2 is 2.39 bits per heavy atom. The van der Waals surface area contributed by atoms with Crippen LogP contribution in [-0.2, 0) is 4.79 Å². The fourth-order valence-corrected chi connectivity index (χ4v) is 4.54. The molecule has 0 aromatic carbocycles. The quantitative estimate of drug-likeness (QED) is 0.826. The average molecular weight is 259 g/mol. The number of Topliss-reactive ketones (excluding diaryl/α,β-unsaturated/α-hetero) is 1. The summed E-state index contributed by atoms with van der Waals surface area (Å²) in [6.07, 6.45) is 5.84. The van der Waals surface area contributed by atoms with E-state index in [9.17, 15) is 10.1 Å². The van der Waals surface area contributed by atoms with Crippen molar-refractivity contribution >= 4 is 17.1 Å². The number of carbonyl (C=O) groups excluding carboxylic acids is 1. The first kappa shape index (κ1) is 11.9. The lowest BCUT2D eigenvalue weighted by molar-refractivity contribution is -0.120. The second-order valence-electron chi connectivity index (χ2n) is 5.68. The van der Waals surface area contributed by atoms with Gasteiger partial charge in [-0.05, 0) is 48.5 Å². The Labute approximate surface area is 112 Å². The first-order chi connectivity index (χ1) is 8.78. The lowest BCUT2D eigenvalue weighted by atomic mass is 9.83. The van der Waals surface area contributed by atoms with Crippen molar-refractivity contribution in [3.63, 3.8) is 0 Å². The Kier molecular flexibility index (Phi) is 3.22. The molecule has 2 aliphatic rings. The zero-order valence-electron chi connectivity index (χ0n) is 10.3. The van der Waals surface area contributed by atoms with Gasteiger partial charge in [0.25, 0.3) is 0 Å². The molecule has 4 unspecified atom stereocenters. The molecule has 0 aliphatic heterocycles. The first-order valence-electron chi connectivity index (χ1n) is 6.73. The van der Waals surface area contributed by atoms with E-state index in [-0.39, 0.29) is 5.78 Å². The van der Waals surface area contributed by atoms with Gasteiger partial charge in [0.15, 0.2) is 5.78 Å². The molecular weight excluding hydrogens is 242 g/mol. The van der Waals surface area contributed by atoms with Crippen molar-refractivity contribution in [1.82, 2.24) is 0 Å². The molecule has 1 aromatic rings. The van der Waals surface area contributed by atoms with Crippen molar-refractivity contribution in [3.05, 3.63) is 22.4 Å². The minimum absolute atomic E-state index is 0.137. The molecule has 1 heterocycles. The molecule has 3 rings (SSSR count). The van der Waals surface area contributed by atoms with Crippen molar-refractivity contribution in [2.75, 3.05) is 0 Å². The van der Waals surface area contributed by atoms with Crippen LogP contribution >= 0.6 is 11.3 Å². The van der Waals surface area contributed by atoms with E-state index in [2.05, 4.69) is 6.07 Å². The molecule has 94 valence electrons. The van der Waals surface area contributed by atoms with Crippen LogP contribution in [0.15, 0.2) is 17.5 Å². The summed E-state index contributed by atoms with van der Waals surface area (Å²) >= 11 is 1.51. The Morgan fingerprint density at radius 1 is 1.50 bits per heavy atom. The van der Waals surface area contributed by atoms with Crippen molar-refractivity contribution in [3.8, 4) is 6.07 Å². The SMILES string of the molecule is N#CC(C(=O)CC1CC2CCC1C2)c1cccs1. The maximum absolute atomic E-state index is 12.3. The van der Waals surface area contributed by atoms with E-state index in [0.29, 0.717) is 12.3 Å². The van der Waals surface area contributed by atoms with Gasteiger partial charge in [0.1, 0.15) is 5.92 Å². The van der Waals surface area contributed by atoms with Gasteiger partial charge in [-0.1, -0.05) is 12.5 Å². The van der Waals surface area contributed by atoms with E-state index in [1.165, 1.54) is 37.0 Å². The second-order valence-corrected chi connectivity index (χ2v) is 6.66. The van der Waals surface area contributed by atoms with Gasteiger partial charge in [0.05, 0.1) is 6.07 Å². The number of nitriles is 1. The highest BCUT2D eigenvalue weighted by molar-refractivity contribution is 7.10. The summed E-state index contributed by atoms with van der Waals surface area (Å²) in [4.78, 5) is 13.2. The number of rotatable bonds is 4. The summed E-state index contributed by atoms with van der Waals surface area (Å²) in [6.45, 7) is 0. The monoisotopic (exact) mass is 259 g/mol. The van der Waals surface area contributed by atoms with Crippen LogP contribution in [0.2, 0.25) is 0 Å². The number of carbonyl (C=O) groups is 1. The maximum Gasteiger partial charge on any atom is 0.155 e. The summed E-state index contributed by atoms with van der Waals surface area (Å²) in [7, 11) is 0. The van der Waals surface area contributed by atoms with E-state index < -0.39 is 5.92 Å². The smallest absolute Gasteiger partial charge is 0.155 e. The molecule has 0 spiro atoms. The van der Waals surface area contributed by atoms with E-state index in [1.807, 2.05) is 17.5 Å². The Morgan fingerprint density at radius 3 is 2.94 bits per heavy atom. The lowest BCUT2D eigenvalue weighted by Crippen LogP contribution is -2.19. The summed E-state index contributed by atoms with van der Waals surface area (Å²) in [6, 6.07) is 6.00. The minimum atomic E-state index is -0.524. The predicted octanol–water partition coefficient (Wildman–Crippen LogP) is 3.75. The highest BCUT2D eigenvalue weighted by Gasteiger charge is 2.41. The van der Waals surface area contributed by atoms with E-state index in [1.54, 1.807) is 0 Å². The third kappa shape index (κ3) is 2.10. The van der Waals surface area contributed by atoms with Crippen LogP contribution in [0.25, 0.3) is 0 Å². The molecule has 0 radical (unpaired) electrons. The normalized spacial score (nSPS) is 31.2. The molecular formula is C15H17NOS. The van der Waals surface area contributed by atoms with Gasteiger partial charge in [-0.3, -0.25) is 4.79 Å². The largest absolute Gasteiger partial charge is 0.298 e.